The number of aromatic amines is 1. The van der Waals surface area contributed by atoms with Crippen LogP contribution in [0, 0.1) is 0 Å². The van der Waals surface area contributed by atoms with E-state index in [0.29, 0.717) is 11.5 Å². The Hall–Kier alpha value is -1.36. The van der Waals surface area contributed by atoms with Gasteiger partial charge < -0.3 is 15.5 Å². The molecule has 0 bridgehead atoms. The summed E-state index contributed by atoms with van der Waals surface area (Å²) in [5.41, 5.74) is 6.14. The summed E-state index contributed by atoms with van der Waals surface area (Å²) in [6.45, 7) is 3.84. The van der Waals surface area contributed by atoms with Crippen molar-refractivity contribution in [1.82, 2.24) is 9.97 Å². The highest BCUT2D eigenvalue weighted by Crippen LogP contribution is 2.36. The zero-order valence-corrected chi connectivity index (χ0v) is 10.3. The van der Waals surface area contributed by atoms with E-state index in [0.717, 1.165) is 25.7 Å². The molecule has 2 rings (SSSR count). The van der Waals surface area contributed by atoms with E-state index < -0.39 is 0 Å². The molecule has 0 radical (unpaired) electrons. The lowest BCUT2D eigenvalue weighted by Gasteiger charge is -2.35. The van der Waals surface area contributed by atoms with Gasteiger partial charge in [-0.25, -0.2) is 9.78 Å². The highest BCUT2D eigenvalue weighted by Gasteiger charge is 2.37. The van der Waals surface area contributed by atoms with Gasteiger partial charge in [0.25, 0.3) is 0 Å². The fraction of sp³-hybridized carbons (Fsp3) is 0.667. The normalized spacial score (nSPS) is 19.5. The van der Waals surface area contributed by atoms with E-state index in [4.69, 9.17) is 10.5 Å². The average molecular weight is 237 g/mol. The van der Waals surface area contributed by atoms with Crippen LogP contribution in [-0.4, -0.2) is 22.0 Å². The van der Waals surface area contributed by atoms with Gasteiger partial charge in [0.05, 0.1) is 17.8 Å². The first kappa shape index (κ1) is 12.1. The van der Waals surface area contributed by atoms with Crippen LogP contribution in [0.1, 0.15) is 55.8 Å². The number of carbonyl (C=O) groups excluding carboxylic acids is 1. The van der Waals surface area contributed by atoms with Gasteiger partial charge in [0.2, 0.25) is 0 Å². The number of imidazole rings is 1. The minimum absolute atomic E-state index is 0.0789. The van der Waals surface area contributed by atoms with Crippen molar-refractivity contribution >= 4 is 5.97 Å². The predicted molar refractivity (Wildman–Crippen MR) is 63.5 cm³/mol. The Balaban J connectivity index is 2.05. The van der Waals surface area contributed by atoms with Crippen molar-refractivity contribution in [3.63, 3.8) is 0 Å². The van der Waals surface area contributed by atoms with Gasteiger partial charge in [-0.2, -0.15) is 0 Å². The molecule has 1 heterocycles. The monoisotopic (exact) mass is 237 g/mol. The lowest BCUT2D eigenvalue weighted by atomic mass is 9.77. The molecule has 0 aromatic carbocycles. The largest absolute Gasteiger partial charge is 0.458 e. The van der Waals surface area contributed by atoms with E-state index in [9.17, 15) is 4.79 Å². The smallest absolute Gasteiger partial charge is 0.356 e. The van der Waals surface area contributed by atoms with Crippen LogP contribution in [0.4, 0.5) is 0 Å². The van der Waals surface area contributed by atoms with Gasteiger partial charge in [-0.3, -0.25) is 0 Å². The predicted octanol–water partition coefficient (Wildman–Crippen LogP) is 1.70. The second kappa shape index (κ2) is 4.49. The Morgan fingerprint density at radius 1 is 1.71 bits per heavy atom. The van der Waals surface area contributed by atoms with Gasteiger partial charge in [-0.05, 0) is 32.6 Å². The van der Waals surface area contributed by atoms with Crippen molar-refractivity contribution in [2.75, 3.05) is 0 Å². The molecule has 0 aliphatic heterocycles. The molecule has 1 aromatic rings. The molecular formula is C12H19N3O2. The molecule has 0 saturated heterocycles. The van der Waals surface area contributed by atoms with Crippen molar-refractivity contribution in [2.24, 2.45) is 5.73 Å². The van der Waals surface area contributed by atoms with Crippen molar-refractivity contribution in [3.8, 4) is 0 Å². The van der Waals surface area contributed by atoms with Gasteiger partial charge >= 0.3 is 5.97 Å². The molecule has 1 aliphatic carbocycles. The van der Waals surface area contributed by atoms with Crippen molar-refractivity contribution in [2.45, 2.75) is 51.2 Å². The standard InChI is InChI=1S/C12H19N3O2/c1-3-8(2)17-10(16)9-7-14-11(15-9)12(13)5-4-6-12/h7-8H,3-6,13H2,1-2H3,(H,14,15). The van der Waals surface area contributed by atoms with Crippen LogP contribution < -0.4 is 5.73 Å². The van der Waals surface area contributed by atoms with E-state index in [1.165, 1.54) is 6.20 Å². The van der Waals surface area contributed by atoms with Crippen molar-refractivity contribution in [3.05, 3.63) is 17.7 Å². The molecule has 0 amide bonds. The van der Waals surface area contributed by atoms with E-state index in [1.54, 1.807) is 0 Å². The third-order valence-electron chi connectivity index (χ3n) is 3.40. The molecule has 1 unspecified atom stereocenters. The van der Waals surface area contributed by atoms with Crippen LogP contribution >= 0.6 is 0 Å². The molecule has 5 nitrogen and oxygen atoms in total. The number of nitrogens with zero attached hydrogens (tertiary/aromatic N) is 1. The molecule has 3 N–H and O–H groups in total. The molecule has 5 heteroatoms. The van der Waals surface area contributed by atoms with Gasteiger partial charge in [-0.1, -0.05) is 6.92 Å². The van der Waals surface area contributed by atoms with E-state index in [2.05, 4.69) is 9.97 Å². The van der Waals surface area contributed by atoms with Crippen molar-refractivity contribution in [1.29, 1.82) is 0 Å². The number of carbonyl (C=O) groups is 1. The first-order valence-corrected chi connectivity index (χ1v) is 6.10. The third kappa shape index (κ3) is 2.34. The summed E-state index contributed by atoms with van der Waals surface area (Å²) in [4.78, 5) is 18.9. The minimum atomic E-state index is -0.366. The SMILES string of the molecule is CCC(C)OC(=O)c1cnc(C2(N)CCC2)[nH]1. The van der Waals surface area contributed by atoms with Crippen LogP contribution in [0.3, 0.4) is 0 Å². The summed E-state index contributed by atoms with van der Waals surface area (Å²) in [5.74, 6) is 0.334. The molecule has 94 valence electrons. The summed E-state index contributed by atoms with van der Waals surface area (Å²) in [6, 6.07) is 0. The lowest BCUT2D eigenvalue weighted by molar-refractivity contribution is 0.0327. The van der Waals surface area contributed by atoms with E-state index in [-0.39, 0.29) is 17.6 Å². The fourth-order valence-electron chi connectivity index (χ4n) is 1.80. The summed E-state index contributed by atoms with van der Waals surface area (Å²) < 4.78 is 5.21. The summed E-state index contributed by atoms with van der Waals surface area (Å²) in [6.07, 6.45) is 5.18. The Morgan fingerprint density at radius 2 is 2.41 bits per heavy atom. The third-order valence-corrected chi connectivity index (χ3v) is 3.40. The van der Waals surface area contributed by atoms with Crippen LogP contribution in [0.2, 0.25) is 0 Å². The molecule has 1 aromatic heterocycles. The average Bonchev–Trinajstić information content (AvgIpc) is 2.75. The first-order chi connectivity index (χ1) is 8.05. The second-order valence-electron chi connectivity index (χ2n) is 4.78. The zero-order chi connectivity index (χ0) is 12.5. The van der Waals surface area contributed by atoms with E-state index in [1.807, 2.05) is 13.8 Å². The maximum atomic E-state index is 11.7. The second-order valence-corrected chi connectivity index (χ2v) is 4.78. The van der Waals surface area contributed by atoms with Crippen LogP contribution in [-0.2, 0) is 10.3 Å². The van der Waals surface area contributed by atoms with Crippen molar-refractivity contribution < 1.29 is 9.53 Å². The van der Waals surface area contributed by atoms with Crippen LogP contribution in [0.5, 0.6) is 0 Å². The Kier molecular flexibility index (Phi) is 3.19. The number of nitrogens with two attached hydrogens (primary N) is 1. The Labute approximate surface area is 101 Å². The fourth-order valence-corrected chi connectivity index (χ4v) is 1.80. The molecule has 1 aliphatic rings. The topological polar surface area (TPSA) is 81.0 Å². The Bertz CT molecular complexity index is 410. The number of hydrogen-bond acceptors (Lipinski definition) is 4. The summed E-state index contributed by atoms with van der Waals surface area (Å²) >= 11 is 0. The van der Waals surface area contributed by atoms with Crippen LogP contribution in [0.15, 0.2) is 6.20 Å². The number of nitrogens with one attached hydrogen (secondary N) is 1. The quantitative estimate of drug-likeness (QED) is 0.781. The minimum Gasteiger partial charge on any atom is -0.458 e. The lowest BCUT2D eigenvalue weighted by Crippen LogP contribution is -2.44. The number of esters is 1. The van der Waals surface area contributed by atoms with Crippen LogP contribution in [0.25, 0.3) is 0 Å². The molecule has 1 atom stereocenters. The Morgan fingerprint density at radius 3 is 2.94 bits per heavy atom. The number of hydrogen-bond donors (Lipinski definition) is 2. The highest BCUT2D eigenvalue weighted by molar-refractivity contribution is 5.87. The van der Waals surface area contributed by atoms with Gasteiger partial charge in [0.1, 0.15) is 11.5 Å². The summed E-state index contributed by atoms with van der Waals surface area (Å²) in [5, 5.41) is 0. The molecular weight excluding hydrogens is 218 g/mol. The number of rotatable bonds is 4. The molecule has 1 fully saturated rings. The van der Waals surface area contributed by atoms with Gasteiger partial charge in [0.15, 0.2) is 0 Å². The maximum Gasteiger partial charge on any atom is 0.356 e. The zero-order valence-electron chi connectivity index (χ0n) is 10.3. The van der Waals surface area contributed by atoms with Gasteiger partial charge in [-0.15, -0.1) is 0 Å². The number of aromatic nitrogens is 2. The molecule has 0 spiro atoms. The molecule has 1 saturated carbocycles. The number of H-pyrrole nitrogens is 1. The summed E-state index contributed by atoms with van der Waals surface area (Å²) in [7, 11) is 0. The van der Waals surface area contributed by atoms with E-state index >= 15 is 0 Å². The maximum absolute atomic E-state index is 11.7. The molecule has 17 heavy (non-hydrogen) atoms. The number of ether oxygens (including phenoxy) is 1. The highest BCUT2D eigenvalue weighted by atomic mass is 16.5. The van der Waals surface area contributed by atoms with Gasteiger partial charge in [0, 0.05) is 0 Å². The first-order valence-electron chi connectivity index (χ1n) is 6.10.